The van der Waals surface area contributed by atoms with Gasteiger partial charge in [0.2, 0.25) is 5.91 Å². The quantitative estimate of drug-likeness (QED) is 0.676. The molecule has 0 bridgehead atoms. The van der Waals surface area contributed by atoms with E-state index >= 15 is 0 Å². The summed E-state index contributed by atoms with van der Waals surface area (Å²) in [6.45, 7) is 4.06. The van der Waals surface area contributed by atoms with E-state index in [1.807, 2.05) is 55.3 Å². The van der Waals surface area contributed by atoms with Crippen LogP contribution in [0.4, 0.5) is 0 Å². The molecule has 2 aliphatic rings. The minimum Gasteiger partial charge on any atom is -0.378 e. The number of fused-ring (bicyclic) bond motifs is 2. The van der Waals surface area contributed by atoms with Gasteiger partial charge in [-0.25, -0.2) is 0 Å². The molecule has 1 aromatic heterocycles. The van der Waals surface area contributed by atoms with E-state index in [2.05, 4.69) is 22.9 Å². The van der Waals surface area contributed by atoms with Gasteiger partial charge in [-0.2, -0.15) is 0 Å². The van der Waals surface area contributed by atoms with Crippen LogP contribution < -0.4 is 0 Å². The first-order valence-electron chi connectivity index (χ1n) is 10.4. The molecule has 0 saturated carbocycles. The van der Waals surface area contributed by atoms with E-state index in [9.17, 15) is 9.59 Å². The molecule has 1 fully saturated rings. The average Bonchev–Trinajstić information content (AvgIpc) is 3.28. The fourth-order valence-electron chi connectivity index (χ4n) is 4.81. The second-order valence-electron chi connectivity index (χ2n) is 8.03. The van der Waals surface area contributed by atoms with Crippen LogP contribution in [0.2, 0.25) is 0 Å². The zero-order chi connectivity index (χ0) is 20.8. The van der Waals surface area contributed by atoms with Crippen LogP contribution in [-0.2, 0) is 16.6 Å². The lowest BCUT2D eigenvalue weighted by Crippen LogP contribution is -2.51. The van der Waals surface area contributed by atoms with Gasteiger partial charge in [-0.05, 0) is 24.6 Å². The molecule has 154 valence electrons. The van der Waals surface area contributed by atoms with E-state index in [1.54, 1.807) is 4.90 Å². The molecule has 6 nitrogen and oxygen atoms in total. The molecule has 30 heavy (non-hydrogen) atoms. The van der Waals surface area contributed by atoms with Crippen molar-refractivity contribution in [1.29, 1.82) is 0 Å². The zero-order valence-corrected chi connectivity index (χ0v) is 17.2. The third-order valence-electron chi connectivity index (χ3n) is 6.32. The van der Waals surface area contributed by atoms with Gasteiger partial charge in [0.15, 0.2) is 0 Å². The zero-order valence-electron chi connectivity index (χ0n) is 17.2. The van der Waals surface area contributed by atoms with Crippen molar-refractivity contribution in [2.45, 2.75) is 19.0 Å². The number of para-hydroxylation sites is 1. The Morgan fingerprint density at radius 3 is 2.53 bits per heavy atom. The average molecular weight is 403 g/mol. The molecule has 0 spiro atoms. The lowest BCUT2D eigenvalue weighted by atomic mass is 9.97. The van der Waals surface area contributed by atoms with Gasteiger partial charge in [-0.1, -0.05) is 36.4 Å². The number of nitrogens with zero attached hydrogens (tertiary/aromatic N) is 3. The largest absolute Gasteiger partial charge is 0.378 e. The van der Waals surface area contributed by atoms with Crippen molar-refractivity contribution in [1.82, 2.24) is 14.4 Å². The molecule has 2 atom stereocenters. The number of aromatic nitrogens is 1. The minimum atomic E-state index is -0.563. The van der Waals surface area contributed by atoms with Crippen molar-refractivity contribution in [2.75, 3.05) is 26.3 Å². The SMILES string of the molecule is C[C@H](C(=O)N1CCOCC1)N1C(=O)c2ccccc2[C@@H]1c1cn(C)c2ccccc12. The monoisotopic (exact) mass is 403 g/mol. The Labute approximate surface area is 175 Å². The highest BCUT2D eigenvalue weighted by Crippen LogP contribution is 2.42. The Hall–Kier alpha value is -3.12. The molecule has 3 heterocycles. The highest BCUT2D eigenvalue weighted by atomic mass is 16.5. The van der Waals surface area contributed by atoms with Gasteiger partial charge in [0.25, 0.3) is 5.91 Å². The number of ether oxygens (including phenoxy) is 1. The summed E-state index contributed by atoms with van der Waals surface area (Å²) in [4.78, 5) is 30.4. The summed E-state index contributed by atoms with van der Waals surface area (Å²) in [5.74, 6) is -0.109. The Morgan fingerprint density at radius 1 is 1.03 bits per heavy atom. The van der Waals surface area contributed by atoms with Crippen molar-refractivity contribution < 1.29 is 14.3 Å². The standard InChI is InChI=1S/C24H25N3O3/c1-16(23(28)26-11-13-30-14-12-26)27-22(18-8-3-4-9-19(18)24(27)29)20-15-25(2)21-10-6-5-7-17(20)21/h3-10,15-16,22H,11-14H2,1-2H3/t16-,22-/m1/s1. The number of hydrogen-bond acceptors (Lipinski definition) is 3. The van der Waals surface area contributed by atoms with Crippen LogP contribution in [0.1, 0.15) is 34.5 Å². The van der Waals surface area contributed by atoms with Crippen LogP contribution >= 0.6 is 0 Å². The predicted molar refractivity (Wildman–Crippen MR) is 114 cm³/mol. The minimum absolute atomic E-state index is 0.0234. The molecule has 0 N–H and O–H groups in total. The van der Waals surface area contributed by atoms with Crippen molar-refractivity contribution in [2.24, 2.45) is 7.05 Å². The summed E-state index contributed by atoms with van der Waals surface area (Å²) in [7, 11) is 2.02. The first-order valence-corrected chi connectivity index (χ1v) is 10.4. The number of benzene rings is 2. The summed E-state index contributed by atoms with van der Waals surface area (Å²) < 4.78 is 7.48. The molecule has 0 radical (unpaired) electrons. The van der Waals surface area contributed by atoms with Crippen LogP contribution in [-0.4, -0.2) is 58.5 Å². The van der Waals surface area contributed by atoms with Crippen LogP contribution in [0, 0.1) is 0 Å². The van der Waals surface area contributed by atoms with E-state index < -0.39 is 6.04 Å². The number of aryl methyl sites for hydroxylation is 1. The summed E-state index contributed by atoms with van der Waals surface area (Å²) in [6, 6.07) is 15.1. The van der Waals surface area contributed by atoms with Gasteiger partial charge in [-0.3, -0.25) is 9.59 Å². The number of rotatable bonds is 3. The van der Waals surface area contributed by atoms with Crippen molar-refractivity contribution in [3.05, 3.63) is 71.4 Å². The Kier molecular flexibility index (Phi) is 4.59. The van der Waals surface area contributed by atoms with E-state index in [0.29, 0.717) is 31.9 Å². The normalized spacial score (nSPS) is 19.9. The van der Waals surface area contributed by atoms with Crippen LogP contribution in [0.3, 0.4) is 0 Å². The summed E-state index contributed by atoms with van der Waals surface area (Å²) in [5, 5.41) is 1.10. The smallest absolute Gasteiger partial charge is 0.255 e. The highest BCUT2D eigenvalue weighted by Gasteiger charge is 2.44. The van der Waals surface area contributed by atoms with Crippen molar-refractivity contribution in [3.63, 3.8) is 0 Å². The molecule has 0 aliphatic carbocycles. The number of carbonyl (C=O) groups excluding carboxylic acids is 2. The fourth-order valence-corrected chi connectivity index (χ4v) is 4.81. The van der Waals surface area contributed by atoms with Gasteiger partial charge in [0.1, 0.15) is 6.04 Å². The van der Waals surface area contributed by atoms with E-state index in [1.165, 1.54) is 0 Å². The number of carbonyl (C=O) groups is 2. The topological polar surface area (TPSA) is 54.8 Å². The molecule has 2 aromatic carbocycles. The third-order valence-corrected chi connectivity index (χ3v) is 6.32. The maximum atomic E-state index is 13.5. The lowest BCUT2D eigenvalue weighted by Gasteiger charge is -2.35. The van der Waals surface area contributed by atoms with Crippen LogP contribution in [0.5, 0.6) is 0 Å². The molecule has 6 heteroatoms. The number of morpholine rings is 1. The second kappa shape index (κ2) is 7.29. The Morgan fingerprint density at radius 2 is 1.73 bits per heavy atom. The maximum Gasteiger partial charge on any atom is 0.255 e. The first-order chi connectivity index (χ1) is 14.6. The van der Waals surface area contributed by atoms with Gasteiger partial charge < -0.3 is 19.1 Å². The summed E-state index contributed by atoms with van der Waals surface area (Å²) in [6.07, 6.45) is 2.09. The molecular formula is C24H25N3O3. The van der Waals surface area contributed by atoms with Crippen LogP contribution in [0.25, 0.3) is 10.9 Å². The second-order valence-corrected chi connectivity index (χ2v) is 8.03. The van der Waals surface area contributed by atoms with Gasteiger partial charge >= 0.3 is 0 Å². The van der Waals surface area contributed by atoms with Crippen LogP contribution in [0.15, 0.2) is 54.7 Å². The Balaban J connectivity index is 1.62. The van der Waals surface area contributed by atoms with Gasteiger partial charge in [0.05, 0.1) is 19.3 Å². The lowest BCUT2D eigenvalue weighted by molar-refractivity contribution is -0.140. The molecule has 2 aliphatic heterocycles. The molecule has 1 saturated heterocycles. The van der Waals surface area contributed by atoms with Gasteiger partial charge in [-0.15, -0.1) is 0 Å². The fraction of sp³-hybridized carbons (Fsp3) is 0.333. The molecule has 2 amide bonds. The van der Waals surface area contributed by atoms with Gasteiger partial charge in [0, 0.05) is 48.4 Å². The summed E-state index contributed by atoms with van der Waals surface area (Å²) >= 11 is 0. The molecular weight excluding hydrogens is 378 g/mol. The number of hydrogen-bond donors (Lipinski definition) is 0. The molecule has 0 unspecified atom stereocenters. The summed E-state index contributed by atoms with van der Waals surface area (Å²) in [5.41, 5.74) is 3.79. The van der Waals surface area contributed by atoms with E-state index in [4.69, 9.17) is 4.74 Å². The Bertz CT molecular complexity index is 1130. The van der Waals surface area contributed by atoms with Crippen molar-refractivity contribution >= 4 is 22.7 Å². The first kappa shape index (κ1) is 18.9. The molecule has 5 rings (SSSR count). The van der Waals surface area contributed by atoms with E-state index in [0.717, 1.165) is 22.0 Å². The van der Waals surface area contributed by atoms with Crippen molar-refractivity contribution in [3.8, 4) is 0 Å². The number of amides is 2. The molecule has 3 aromatic rings. The maximum absolute atomic E-state index is 13.5. The highest BCUT2D eigenvalue weighted by molar-refractivity contribution is 6.03. The third kappa shape index (κ3) is 2.82. The van der Waals surface area contributed by atoms with E-state index in [-0.39, 0.29) is 17.9 Å². The predicted octanol–water partition coefficient (Wildman–Crippen LogP) is 2.97.